The minimum Gasteiger partial charge on any atom is -0.332 e. The molecule has 3 heterocycles. The van der Waals surface area contributed by atoms with Crippen molar-refractivity contribution in [3.05, 3.63) is 35.7 Å². The van der Waals surface area contributed by atoms with Crippen LogP contribution in [0.3, 0.4) is 0 Å². The topological polar surface area (TPSA) is 46.8 Å². The maximum atomic E-state index is 5.82. The van der Waals surface area contributed by atoms with Crippen LogP contribution in [-0.4, -0.2) is 26.1 Å². The minimum absolute atomic E-state index is 0.460. The maximum Gasteiger partial charge on any atom is 0.225 e. The van der Waals surface area contributed by atoms with Gasteiger partial charge in [0.15, 0.2) is 0 Å². The molecule has 0 spiro atoms. The zero-order valence-electron chi connectivity index (χ0n) is 10.9. The number of halogens is 1. The first-order valence-electron chi connectivity index (χ1n) is 6.47. The fraction of sp³-hybridized carbons (Fsp3) is 0.462. The number of anilines is 1. The second kappa shape index (κ2) is 5.17. The highest BCUT2D eigenvalue weighted by molar-refractivity contribution is 6.16. The molecule has 0 aliphatic carbocycles. The smallest absolute Gasteiger partial charge is 0.225 e. The van der Waals surface area contributed by atoms with Crippen molar-refractivity contribution in [1.82, 2.24) is 19.5 Å². The molecule has 0 saturated carbocycles. The molecular formula is C13H16ClN5. The van der Waals surface area contributed by atoms with E-state index < -0.39 is 0 Å². The van der Waals surface area contributed by atoms with Gasteiger partial charge in [0.05, 0.1) is 18.1 Å². The Morgan fingerprint density at radius 1 is 1.26 bits per heavy atom. The molecule has 2 aromatic heterocycles. The molecule has 2 aromatic rings. The van der Waals surface area contributed by atoms with E-state index in [1.807, 2.05) is 18.6 Å². The largest absolute Gasteiger partial charge is 0.332 e. The van der Waals surface area contributed by atoms with E-state index >= 15 is 0 Å². The van der Waals surface area contributed by atoms with E-state index in [2.05, 4.69) is 31.3 Å². The highest BCUT2D eigenvalue weighted by Crippen LogP contribution is 2.18. The van der Waals surface area contributed by atoms with Crippen LogP contribution < -0.4 is 4.90 Å². The summed E-state index contributed by atoms with van der Waals surface area (Å²) in [6, 6.07) is 0. The SMILES string of the molecule is CCc1cnc(N2CCn3cc(CCl)nc3C2)nc1. The number of rotatable bonds is 3. The Morgan fingerprint density at radius 2 is 2.05 bits per heavy atom. The van der Waals surface area contributed by atoms with Gasteiger partial charge >= 0.3 is 0 Å². The average Bonchev–Trinajstić information content (AvgIpc) is 2.89. The molecule has 0 bridgehead atoms. The standard InChI is InChI=1S/C13H16ClN5/c1-2-10-6-15-13(16-7-10)19-4-3-18-8-11(5-14)17-12(18)9-19/h6-8H,2-5,9H2,1H3. The number of aryl methyl sites for hydroxylation is 1. The van der Waals surface area contributed by atoms with E-state index in [4.69, 9.17) is 11.6 Å². The molecule has 6 heteroatoms. The van der Waals surface area contributed by atoms with Crippen LogP contribution in [0.4, 0.5) is 5.95 Å². The summed E-state index contributed by atoms with van der Waals surface area (Å²) in [5.41, 5.74) is 2.09. The Morgan fingerprint density at radius 3 is 2.74 bits per heavy atom. The lowest BCUT2D eigenvalue weighted by molar-refractivity contribution is 0.551. The third-order valence-electron chi connectivity index (χ3n) is 3.37. The van der Waals surface area contributed by atoms with Crippen molar-refractivity contribution in [3.63, 3.8) is 0 Å². The molecule has 0 unspecified atom stereocenters. The fourth-order valence-electron chi connectivity index (χ4n) is 2.24. The number of alkyl halides is 1. The average molecular weight is 278 g/mol. The quantitative estimate of drug-likeness (QED) is 0.805. The van der Waals surface area contributed by atoms with Gasteiger partial charge in [-0.1, -0.05) is 6.92 Å². The summed E-state index contributed by atoms with van der Waals surface area (Å²) < 4.78 is 2.16. The van der Waals surface area contributed by atoms with Crippen LogP contribution in [0.2, 0.25) is 0 Å². The second-order valence-electron chi connectivity index (χ2n) is 4.64. The second-order valence-corrected chi connectivity index (χ2v) is 4.91. The van der Waals surface area contributed by atoms with Crippen LogP contribution in [-0.2, 0) is 25.4 Å². The molecular weight excluding hydrogens is 262 g/mol. The van der Waals surface area contributed by atoms with Gasteiger partial charge in [-0.3, -0.25) is 0 Å². The normalized spacial score (nSPS) is 14.5. The van der Waals surface area contributed by atoms with Gasteiger partial charge in [-0.05, 0) is 12.0 Å². The van der Waals surface area contributed by atoms with Crippen LogP contribution in [0.1, 0.15) is 24.0 Å². The van der Waals surface area contributed by atoms with E-state index in [0.29, 0.717) is 5.88 Å². The van der Waals surface area contributed by atoms with Crippen LogP contribution in [0.5, 0.6) is 0 Å². The zero-order valence-corrected chi connectivity index (χ0v) is 11.6. The fourth-order valence-corrected chi connectivity index (χ4v) is 2.37. The molecule has 1 aliphatic rings. The van der Waals surface area contributed by atoms with Crippen molar-refractivity contribution < 1.29 is 0 Å². The van der Waals surface area contributed by atoms with E-state index in [1.165, 1.54) is 0 Å². The van der Waals surface area contributed by atoms with E-state index in [1.54, 1.807) is 0 Å². The van der Waals surface area contributed by atoms with Crippen LogP contribution in [0, 0.1) is 0 Å². The summed E-state index contributed by atoms with van der Waals surface area (Å²) in [7, 11) is 0. The van der Waals surface area contributed by atoms with Gasteiger partial charge in [-0.25, -0.2) is 15.0 Å². The Kier molecular flexibility index (Phi) is 3.38. The lowest BCUT2D eigenvalue weighted by Crippen LogP contribution is -2.34. The van der Waals surface area contributed by atoms with E-state index in [-0.39, 0.29) is 0 Å². The molecule has 19 heavy (non-hydrogen) atoms. The third kappa shape index (κ3) is 2.42. The number of hydrogen-bond donors (Lipinski definition) is 0. The highest BCUT2D eigenvalue weighted by Gasteiger charge is 2.20. The molecule has 100 valence electrons. The van der Waals surface area contributed by atoms with Crippen molar-refractivity contribution >= 4 is 17.5 Å². The molecule has 0 fully saturated rings. The molecule has 0 atom stereocenters. The number of fused-ring (bicyclic) bond motifs is 1. The first kappa shape index (κ1) is 12.4. The molecule has 3 rings (SSSR count). The summed E-state index contributed by atoms with van der Waals surface area (Å²) in [6.45, 7) is 4.64. The Balaban J connectivity index is 1.80. The van der Waals surface area contributed by atoms with E-state index in [0.717, 1.165) is 49.1 Å². The molecule has 1 aliphatic heterocycles. The van der Waals surface area contributed by atoms with Gasteiger partial charge in [0.25, 0.3) is 0 Å². The Bertz CT molecular complexity index is 563. The predicted molar refractivity (Wildman–Crippen MR) is 74.2 cm³/mol. The zero-order chi connectivity index (χ0) is 13.2. The summed E-state index contributed by atoms with van der Waals surface area (Å²) in [5, 5.41) is 0. The molecule has 5 nitrogen and oxygen atoms in total. The van der Waals surface area contributed by atoms with Crippen molar-refractivity contribution in [2.45, 2.75) is 32.3 Å². The van der Waals surface area contributed by atoms with Gasteiger partial charge in [0, 0.05) is 31.7 Å². The predicted octanol–water partition coefficient (Wildman–Crippen LogP) is 1.99. The Labute approximate surface area is 117 Å². The number of hydrogen-bond acceptors (Lipinski definition) is 4. The molecule has 0 amide bonds. The van der Waals surface area contributed by atoms with Crippen molar-refractivity contribution in [1.29, 1.82) is 0 Å². The van der Waals surface area contributed by atoms with Crippen molar-refractivity contribution in [2.75, 3.05) is 11.4 Å². The van der Waals surface area contributed by atoms with Gasteiger partial charge in [0.2, 0.25) is 5.95 Å². The molecule has 0 N–H and O–H groups in total. The first-order chi connectivity index (χ1) is 9.30. The summed E-state index contributed by atoms with van der Waals surface area (Å²) in [5.74, 6) is 2.27. The van der Waals surface area contributed by atoms with Gasteiger partial charge in [-0.2, -0.15) is 0 Å². The number of nitrogens with zero attached hydrogens (tertiary/aromatic N) is 5. The van der Waals surface area contributed by atoms with Crippen LogP contribution in [0.15, 0.2) is 18.6 Å². The number of aromatic nitrogens is 4. The molecule has 0 radical (unpaired) electrons. The van der Waals surface area contributed by atoms with Gasteiger partial charge in [0.1, 0.15) is 5.82 Å². The Hall–Kier alpha value is -1.62. The third-order valence-corrected chi connectivity index (χ3v) is 3.65. The first-order valence-corrected chi connectivity index (χ1v) is 7.00. The van der Waals surface area contributed by atoms with Crippen molar-refractivity contribution in [3.8, 4) is 0 Å². The summed E-state index contributed by atoms with van der Waals surface area (Å²) in [6.07, 6.45) is 6.78. The molecule has 0 aromatic carbocycles. The van der Waals surface area contributed by atoms with Gasteiger partial charge in [-0.15, -0.1) is 11.6 Å². The summed E-state index contributed by atoms with van der Waals surface area (Å²) in [4.78, 5) is 15.5. The van der Waals surface area contributed by atoms with Crippen LogP contribution in [0.25, 0.3) is 0 Å². The monoisotopic (exact) mass is 277 g/mol. The van der Waals surface area contributed by atoms with Crippen LogP contribution >= 0.6 is 11.6 Å². The lowest BCUT2D eigenvalue weighted by atomic mass is 10.3. The van der Waals surface area contributed by atoms with Gasteiger partial charge < -0.3 is 9.47 Å². The molecule has 0 saturated heterocycles. The highest BCUT2D eigenvalue weighted by atomic mass is 35.5. The number of imidazole rings is 1. The maximum absolute atomic E-state index is 5.82. The summed E-state index contributed by atoms with van der Waals surface area (Å²) >= 11 is 5.82. The minimum atomic E-state index is 0.460. The van der Waals surface area contributed by atoms with E-state index in [9.17, 15) is 0 Å². The lowest BCUT2D eigenvalue weighted by Gasteiger charge is -2.27. The van der Waals surface area contributed by atoms with Crippen molar-refractivity contribution in [2.24, 2.45) is 0 Å².